The van der Waals surface area contributed by atoms with E-state index >= 15 is 0 Å². The first-order valence-electron chi connectivity index (χ1n) is 5.85. The first kappa shape index (κ1) is 12.7. The number of pyridine rings is 1. The van der Waals surface area contributed by atoms with Crippen molar-refractivity contribution < 1.29 is 4.79 Å². The van der Waals surface area contributed by atoms with E-state index < -0.39 is 0 Å². The third-order valence-corrected chi connectivity index (χ3v) is 3.54. The molecule has 0 fully saturated rings. The summed E-state index contributed by atoms with van der Waals surface area (Å²) in [5.74, 6) is 0.154. The predicted molar refractivity (Wildman–Crippen MR) is 78.4 cm³/mol. The maximum absolute atomic E-state index is 12.4. The van der Waals surface area contributed by atoms with Crippen LogP contribution < -0.4 is 5.32 Å². The van der Waals surface area contributed by atoms with Crippen molar-refractivity contribution in [2.75, 3.05) is 5.32 Å². The number of carbonyl (C=O) groups is 1. The fourth-order valence-electron chi connectivity index (χ4n) is 1.91. The summed E-state index contributed by atoms with van der Waals surface area (Å²) in [6.07, 6.45) is 3.08. The molecule has 3 rings (SSSR count). The molecule has 0 atom stereocenters. The van der Waals surface area contributed by atoms with E-state index in [9.17, 15) is 4.79 Å². The maximum Gasteiger partial charge on any atom is 0.258 e. The van der Waals surface area contributed by atoms with Gasteiger partial charge in [-0.05, 0) is 34.1 Å². The Kier molecular flexibility index (Phi) is 3.19. The van der Waals surface area contributed by atoms with Crippen LogP contribution in [0.1, 0.15) is 10.4 Å². The lowest BCUT2D eigenvalue weighted by Gasteiger charge is -2.07. The van der Waals surface area contributed by atoms with Crippen LogP contribution in [0, 0.1) is 0 Å². The lowest BCUT2D eigenvalue weighted by Crippen LogP contribution is -2.15. The number of hydrogen-bond acceptors (Lipinski definition) is 4. The van der Waals surface area contributed by atoms with E-state index in [2.05, 4.69) is 36.3 Å². The van der Waals surface area contributed by atoms with Crippen LogP contribution in [0.3, 0.4) is 0 Å². The number of aromatic nitrogens is 4. The molecule has 1 N–H and O–H groups in total. The largest absolute Gasteiger partial charge is 0.291 e. The van der Waals surface area contributed by atoms with E-state index in [1.165, 1.54) is 11.0 Å². The monoisotopic (exact) mass is 331 g/mol. The molecule has 0 saturated carbocycles. The van der Waals surface area contributed by atoms with Crippen molar-refractivity contribution in [3.63, 3.8) is 0 Å². The number of carbonyl (C=O) groups excluding carboxylic acids is 1. The molecule has 0 unspecified atom stereocenters. The number of fused-ring (bicyclic) bond motifs is 1. The van der Waals surface area contributed by atoms with E-state index in [1.807, 2.05) is 6.07 Å². The number of nitrogens with one attached hydrogen (secondary N) is 1. The first-order chi connectivity index (χ1) is 9.66. The molecule has 6 nitrogen and oxygen atoms in total. The summed E-state index contributed by atoms with van der Waals surface area (Å²) in [6.45, 7) is 0. The Morgan fingerprint density at radius 2 is 2.15 bits per heavy atom. The van der Waals surface area contributed by atoms with Gasteiger partial charge in [0.15, 0.2) is 0 Å². The Morgan fingerprint density at radius 1 is 1.30 bits per heavy atom. The van der Waals surface area contributed by atoms with Crippen molar-refractivity contribution >= 4 is 38.7 Å². The van der Waals surface area contributed by atoms with Gasteiger partial charge in [-0.1, -0.05) is 6.07 Å². The standard InChI is InChI=1S/C13H10BrN5O/c1-19-13(16-7-17-19)18-12(20)9-4-5-10(14)11-8(9)3-2-6-15-11/h2-7H,1H3,(H,16,17,18,20). The third kappa shape index (κ3) is 2.16. The Hall–Kier alpha value is -2.28. The van der Waals surface area contributed by atoms with E-state index in [-0.39, 0.29) is 5.91 Å². The predicted octanol–water partition coefficient (Wildman–Crippen LogP) is 2.38. The van der Waals surface area contributed by atoms with Gasteiger partial charge in [0.05, 0.1) is 5.52 Å². The summed E-state index contributed by atoms with van der Waals surface area (Å²) >= 11 is 3.43. The van der Waals surface area contributed by atoms with Gasteiger partial charge in [-0.3, -0.25) is 15.1 Å². The molecule has 1 amide bonds. The van der Waals surface area contributed by atoms with Gasteiger partial charge in [-0.25, -0.2) is 4.68 Å². The lowest BCUT2D eigenvalue weighted by molar-refractivity contribution is 0.102. The Bertz CT molecular complexity index is 798. The number of benzene rings is 1. The SMILES string of the molecule is Cn1ncnc1NC(=O)c1ccc(Br)c2ncccc12. The smallest absolute Gasteiger partial charge is 0.258 e. The molecule has 0 bridgehead atoms. The van der Waals surface area contributed by atoms with Crippen LogP contribution >= 0.6 is 15.9 Å². The van der Waals surface area contributed by atoms with Gasteiger partial charge >= 0.3 is 0 Å². The van der Waals surface area contributed by atoms with Crippen LogP contribution in [0.2, 0.25) is 0 Å². The molecule has 0 aliphatic rings. The molecule has 1 aromatic carbocycles. The summed E-state index contributed by atoms with van der Waals surface area (Å²) in [6, 6.07) is 7.22. The molecule has 2 aromatic heterocycles. The lowest BCUT2D eigenvalue weighted by atomic mass is 10.1. The van der Waals surface area contributed by atoms with E-state index in [1.54, 1.807) is 31.4 Å². The summed E-state index contributed by atoms with van der Waals surface area (Å²) in [5, 5.41) is 7.42. The first-order valence-corrected chi connectivity index (χ1v) is 6.64. The van der Waals surface area contributed by atoms with Crippen LogP contribution in [0.5, 0.6) is 0 Å². The van der Waals surface area contributed by atoms with E-state index in [4.69, 9.17) is 0 Å². The number of nitrogens with zero attached hydrogens (tertiary/aromatic N) is 4. The fraction of sp³-hybridized carbons (Fsp3) is 0.0769. The van der Waals surface area contributed by atoms with Crippen molar-refractivity contribution in [2.45, 2.75) is 0 Å². The van der Waals surface area contributed by atoms with Crippen molar-refractivity contribution in [3.8, 4) is 0 Å². The molecule has 0 aliphatic carbocycles. The minimum Gasteiger partial charge on any atom is -0.291 e. The van der Waals surface area contributed by atoms with Gasteiger partial charge in [0.2, 0.25) is 5.95 Å². The molecule has 0 aliphatic heterocycles. The Labute approximate surface area is 123 Å². The summed E-state index contributed by atoms with van der Waals surface area (Å²) < 4.78 is 2.35. The maximum atomic E-state index is 12.4. The third-order valence-electron chi connectivity index (χ3n) is 2.90. The van der Waals surface area contributed by atoms with Crippen molar-refractivity contribution in [3.05, 3.63) is 46.8 Å². The zero-order valence-corrected chi connectivity index (χ0v) is 12.1. The molecule has 3 aromatic rings. The quantitative estimate of drug-likeness (QED) is 0.782. The molecular formula is C13H10BrN5O. The molecule has 0 spiro atoms. The van der Waals surface area contributed by atoms with Gasteiger partial charge in [-0.2, -0.15) is 10.1 Å². The number of aryl methyl sites for hydroxylation is 1. The molecular weight excluding hydrogens is 322 g/mol. The zero-order chi connectivity index (χ0) is 14.1. The van der Waals surface area contributed by atoms with E-state index in [0.717, 1.165) is 15.4 Å². The molecule has 100 valence electrons. The molecule has 2 heterocycles. The number of amides is 1. The van der Waals surface area contributed by atoms with Crippen LogP contribution in [0.4, 0.5) is 5.95 Å². The fourth-order valence-corrected chi connectivity index (χ4v) is 2.36. The van der Waals surface area contributed by atoms with Crippen LogP contribution in [0.15, 0.2) is 41.3 Å². The summed E-state index contributed by atoms with van der Waals surface area (Å²) in [5.41, 5.74) is 1.29. The van der Waals surface area contributed by atoms with Crippen molar-refractivity contribution in [1.82, 2.24) is 19.7 Å². The Balaban J connectivity index is 2.04. The highest BCUT2D eigenvalue weighted by Crippen LogP contribution is 2.25. The normalized spacial score (nSPS) is 10.7. The van der Waals surface area contributed by atoms with Crippen LogP contribution in [-0.4, -0.2) is 25.7 Å². The molecule has 20 heavy (non-hydrogen) atoms. The highest BCUT2D eigenvalue weighted by Gasteiger charge is 2.14. The van der Waals surface area contributed by atoms with Crippen molar-refractivity contribution in [1.29, 1.82) is 0 Å². The average molecular weight is 332 g/mol. The van der Waals surface area contributed by atoms with Gasteiger partial charge < -0.3 is 0 Å². The van der Waals surface area contributed by atoms with Crippen LogP contribution in [0.25, 0.3) is 10.9 Å². The Morgan fingerprint density at radius 3 is 2.90 bits per heavy atom. The summed E-state index contributed by atoms with van der Waals surface area (Å²) in [7, 11) is 1.71. The van der Waals surface area contributed by atoms with Gasteiger partial charge in [0, 0.05) is 28.7 Å². The average Bonchev–Trinajstić information content (AvgIpc) is 2.85. The highest BCUT2D eigenvalue weighted by atomic mass is 79.9. The summed E-state index contributed by atoms with van der Waals surface area (Å²) in [4.78, 5) is 20.6. The second kappa shape index (κ2) is 5.01. The number of anilines is 1. The van der Waals surface area contributed by atoms with Gasteiger partial charge in [0.1, 0.15) is 6.33 Å². The molecule has 0 saturated heterocycles. The highest BCUT2D eigenvalue weighted by molar-refractivity contribution is 9.10. The number of rotatable bonds is 2. The zero-order valence-electron chi connectivity index (χ0n) is 10.5. The topological polar surface area (TPSA) is 72.7 Å². The van der Waals surface area contributed by atoms with E-state index in [0.29, 0.717) is 11.5 Å². The second-order valence-electron chi connectivity index (χ2n) is 4.16. The minimum atomic E-state index is -0.244. The van der Waals surface area contributed by atoms with Crippen molar-refractivity contribution in [2.24, 2.45) is 7.05 Å². The second-order valence-corrected chi connectivity index (χ2v) is 5.01. The van der Waals surface area contributed by atoms with Gasteiger partial charge in [-0.15, -0.1) is 0 Å². The minimum absolute atomic E-state index is 0.244. The van der Waals surface area contributed by atoms with Gasteiger partial charge in [0.25, 0.3) is 5.91 Å². The number of hydrogen-bond donors (Lipinski definition) is 1. The van der Waals surface area contributed by atoms with Crippen LogP contribution in [-0.2, 0) is 7.05 Å². The number of halogens is 1. The molecule has 7 heteroatoms. The molecule has 0 radical (unpaired) electrons.